The third-order valence-corrected chi connectivity index (χ3v) is 13.0. The predicted octanol–water partition coefficient (Wildman–Crippen LogP) is 6.96. The third-order valence-electron chi connectivity index (χ3n) is 12.4. The van der Waals surface area contributed by atoms with Gasteiger partial charge in [-0.1, -0.05) is 34.7 Å². The highest BCUT2D eigenvalue weighted by Gasteiger charge is 2.56. The van der Waals surface area contributed by atoms with E-state index in [1.54, 1.807) is 25.5 Å². The Hall–Kier alpha value is -3.65. The molecule has 2 bridgehead atoms. The molecule has 3 aromatic heterocycles. The molecule has 1 N–H and O–H groups in total. The largest absolute Gasteiger partial charge is 0.343 e. The second-order valence-corrected chi connectivity index (χ2v) is 16.9. The number of carbonyl (C=O) groups excluding carboxylic acids is 2. The van der Waals surface area contributed by atoms with Crippen LogP contribution in [0, 0.1) is 11.7 Å². The first kappa shape index (κ1) is 32.3. The second kappa shape index (κ2) is 12.2. The minimum atomic E-state index is -0.632. The molecule has 4 aliphatic heterocycles. The van der Waals surface area contributed by atoms with E-state index in [9.17, 15) is 14.0 Å². The van der Waals surface area contributed by atoms with E-state index in [1.807, 2.05) is 15.5 Å². The van der Waals surface area contributed by atoms with E-state index in [2.05, 4.69) is 67.8 Å². The number of alkyl halides is 1. The molecule has 1 atom stereocenters. The number of hydrogen-bond acceptors (Lipinski definition) is 7. The highest BCUT2D eigenvalue weighted by atomic mass is 127. The van der Waals surface area contributed by atoms with Crippen LogP contribution in [0.5, 0.6) is 0 Å². The zero-order chi connectivity index (χ0) is 34.3. The first-order chi connectivity index (χ1) is 24.2. The van der Waals surface area contributed by atoms with E-state index < -0.39 is 11.2 Å². The molecule has 50 heavy (non-hydrogen) atoms. The van der Waals surface area contributed by atoms with Crippen LogP contribution < -0.4 is 10.2 Å². The van der Waals surface area contributed by atoms with Gasteiger partial charge in [0.1, 0.15) is 5.52 Å². The average Bonchev–Trinajstić information content (AvgIpc) is 3.64. The van der Waals surface area contributed by atoms with E-state index in [1.165, 1.54) is 38.4 Å². The molecule has 5 fully saturated rings. The normalized spacial score (nSPS) is 26.4. The molecule has 4 aromatic rings. The number of carbonyl (C=O) groups is 2. The Bertz CT molecular complexity index is 1990. The summed E-state index contributed by atoms with van der Waals surface area (Å²) in [6.45, 7) is 6.05. The number of hydrogen-bond donors (Lipinski definition) is 1. The van der Waals surface area contributed by atoms with Crippen molar-refractivity contribution in [3.8, 4) is 11.3 Å². The Morgan fingerprint density at radius 1 is 1.06 bits per heavy atom. The summed E-state index contributed by atoms with van der Waals surface area (Å²) in [6.07, 6.45) is 13.1. The number of halogens is 2. The summed E-state index contributed by atoms with van der Waals surface area (Å²) in [5, 5.41) is 3.23. The maximum Gasteiger partial charge on any atom is 0.238 e. The monoisotopic (exact) mass is 788 g/mol. The van der Waals surface area contributed by atoms with Crippen LogP contribution in [0.1, 0.15) is 74.8 Å². The Kier molecular flexibility index (Phi) is 7.90. The topological polar surface area (TPSA) is 99.5 Å². The highest BCUT2D eigenvalue weighted by molar-refractivity contribution is 14.1. The van der Waals surface area contributed by atoms with Gasteiger partial charge in [-0.15, -0.1) is 0 Å². The van der Waals surface area contributed by atoms with Gasteiger partial charge in [0.15, 0.2) is 11.6 Å². The van der Waals surface area contributed by atoms with Crippen LogP contribution in [0.15, 0.2) is 49.1 Å². The molecule has 2 saturated carbocycles. The number of nitrogens with one attached hydrogen (secondary N) is 1. The fraction of sp³-hybridized carbons (Fsp3) is 0.500. The smallest absolute Gasteiger partial charge is 0.238 e. The van der Waals surface area contributed by atoms with Crippen molar-refractivity contribution >= 4 is 62.6 Å². The molecule has 10 rings (SSSR count). The van der Waals surface area contributed by atoms with Gasteiger partial charge in [-0.25, -0.2) is 14.4 Å². The van der Waals surface area contributed by atoms with Crippen LogP contribution in [-0.4, -0.2) is 78.9 Å². The molecule has 10 nitrogen and oxygen atoms in total. The maximum absolute atomic E-state index is 14.8. The molecular formula is C38H42FIN8O2. The van der Waals surface area contributed by atoms with E-state index in [0.717, 1.165) is 46.6 Å². The Morgan fingerprint density at radius 3 is 2.52 bits per heavy atom. The highest BCUT2D eigenvalue weighted by Crippen LogP contribution is 2.53. The molecule has 2 aliphatic carbocycles. The quantitative estimate of drug-likeness (QED) is 0.167. The van der Waals surface area contributed by atoms with Crippen LogP contribution in [0.3, 0.4) is 0 Å². The molecule has 1 spiro atoms. The van der Waals surface area contributed by atoms with Gasteiger partial charge in [0.2, 0.25) is 11.8 Å². The Labute approximate surface area is 305 Å². The number of piperidine rings is 3. The summed E-state index contributed by atoms with van der Waals surface area (Å²) in [7, 11) is 0. The van der Waals surface area contributed by atoms with Crippen molar-refractivity contribution in [3.63, 3.8) is 0 Å². The van der Waals surface area contributed by atoms with Crippen LogP contribution in [0.25, 0.3) is 22.3 Å². The van der Waals surface area contributed by atoms with E-state index >= 15 is 0 Å². The number of benzene rings is 1. The minimum absolute atomic E-state index is 0.0623. The average molecular weight is 789 g/mol. The van der Waals surface area contributed by atoms with E-state index in [0.29, 0.717) is 49.5 Å². The molecule has 7 heterocycles. The summed E-state index contributed by atoms with van der Waals surface area (Å²) in [5.41, 5.74) is 4.79. The standard InChI is InChI=1S/C38H42FIN8O2/c1-22(40)47-21-42-33-18-32(44-36(35(33)47)43-31-9-12-41-19-30(31)39)25-5-8-29-34(15-25)48(37(50)38(29)10-13-45(14-11-38)23(2)49)28-16-27(17-28)46-20-24-3-6-26(46)7-4-24/h5,8-9,12,15,18-19,21-22,24,26-28H,3-4,6-7,10-11,13-14,16-17,20H2,1-2H3,(H,41,43,44). The molecule has 3 saturated heterocycles. The molecule has 12 heteroatoms. The molecule has 0 radical (unpaired) electrons. The maximum atomic E-state index is 14.8. The first-order valence-electron chi connectivity index (χ1n) is 18.1. The zero-order valence-electron chi connectivity index (χ0n) is 28.5. The second-order valence-electron chi connectivity index (χ2n) is 15.1. The van der Waals surface area contributed by atoms with Gasteiger partial charge < -0.3 is 19.7 Å². The third kappa shape index (κ3) is 5.14. The fourth-order valence-electron chi connectivity index (χ4n) is 9.56. The SMILES string of the molecule is CC(=O)N1CCC2(CC1)C(=O)N(C1CC(N3CC4CCC3CC4)C1)c1cc(-c3cc4ncn(C(C)I)c4c(Nc4ccncc4F)n3)ccc12. The van der Waals surface area contributed by atoms with Crippen molar-refractivity contribution in [1.29, 1.82) is 0 Å². The van der Waals surface area contributed by atoms with Crippen LogP contribution in [0.4, 0.5) is 21.6 Å². The van der Waals surface area contributed by atoms with Crippen molar-refractivity contribution < 1.29 is 14.0 Å². The van der Waals surface area contributed by atoms with Gasteiger partial charge in [-0.3, -0.25) is 19.5 Å². The van der Waals surface area contributed by atoms with E-state index in [-0.39, 0.29) is 27.6 Å². The lowest BCUT2D eigenvalue weighted by Gasteiger charge is -2.54. The van der Waals surface area contributed by atoms with Gasteiger partial charge in [0, 0.05) is 62.1 Å². The molecule has 260 valence electrons. The summed E-state index contributed by atoms with van der Waals surface area (Å²) >= 11 is 2.33. The number of anilines is 3. The van der Waals surface area contributed by atoms with Crippen molar-refractivity contribution in [2.75, 3.05) is 29.9 Å². The number of nitrogens with zero attached hydrogens (tertiary/aromatic N) is 7. The zero-order valence-corrected chi connectivity index (χ0v) is 30.6. The molecular weight excluding hydrogens is 746 g/mol. The minimum Gasteiger partial charge on any atom is -0.343 e. The summed E-state index contributed by atoms with van der Waals surface area (Å²) < 4.78 is 16.9. The first-order valence-corrected chi connectivity index (χ1v) is 19.3. The number of fused-ring (bicyclic) bond motifs is 6. The van der Waals surface area contributed by atoms with Crippen LogP contribution in [0.2, 0.25) is 0 Å². The van der Waals surface area contributed by atoms with Gasteiger partial charge in [-0.2, -0.15) is 0 Å². The van der Waals surface area contributed by atoms with E-state index in [4.69, 9.17) is 9.97 Å². The summed E-state index contributed by atoms with van der Waals surface area (Å²) in [4.78, 5) is 47.5. The van der Waals surface area contributed by atoms with Crippen LogP contribution in [-0.2, 0) is 15.0 Å². The van der Waals surface area contributed by atoms with Crippen molar-refractivity contribution in [2.45, 2.75) is 92.8 Å². The number of likely N-dealkylation sites (tertiary alicyclic amines) is 1. The van der Waals surface area contributed by atoms with Crippen molar-refractivity contribution in [2.24, 2.45) is 5.92 Å². The lowest BCUT2D eigenvalue weighted by molar-refractivity contribution is -0.134. The predicted molar refractivity (Wildman–Crippen MR) is 199 cm³/mol. The fourth-order valence-corrected chi connectivity index (χ4v) is 9.98. The number of aromatic nitrogens is 4. The Morgan fingerprint density at radius 2 is 1.84 bits per heavy atom. The summed E-state index contributed by atoms with van der Waals surface area (Å²) in [5.74, 6) is 1.11. The molecule has 2 amide bonds. The lowest BCUT2D eigenvalue weighted by Crippen LogP contribution is -2.62. The number of amides is 2. The summed E-state index contributed by atoms with van der Waals surface area (Å²) in [6, 6.07) is 11.3. The number of pyridine rings is 2. The van der Waals surface area contributed by atoms with Gasteiger partial charge >= 0.3 is 0 Å². The van der Waals surface area contributed by atoms with Gasteiger partial charge in [-0.05, 0) is 88.0 Å². The van der Waals surface area contributed by atoms with Gasteiger partial charge in [0.05, 0.1) is 38.9 Å². The van der Waals surface area contributed by atoms with Crippen LogP contribution >= 0.6 is 22.6 Å². The van der Waals surface area contributed by atoms with Crippen molar-refractivity contribution in [3.05, 3.63) is 60.4 Å². The number of imidazole rings is 1. The molecule has 6 aliphatic rings. The van der Waals surface area contributed by atoms with Gasteiger partial charge in [0.25, 0.3) is 0 Å². The molecule has 1 aromatic carbocycles. The lowest BCUT2D eigenvalue weighted by atomic mass is 9.73. The Balaban J connectivity index is 1.10. The molecule has 1 unspecified atom stereocenters. The number of rotatable bonds is 6. The van der Waals surface area contributed by atoms with Crippen molar-refractivity contribution in [1.82, 2.24) is 29.3 Å².